The Bertz CT molecular complexity index is 778. The first-order valence-corrected chi connectivity index (χ1v) is 9.28. The highest BCUT2D eigenvalue weighted by molar-refractivity contribution is 5.89. The Morgan fingerprint density at radius 1 is 1.29 bits per heavy atom. The molecule has 0 saturated carbocycles. The average Bonchev–Trinajstić information content (AvgIpc) is 2.69. The lowest BCUT2D eigenvalue weighted by molar-refractivity contribution is 0.122. The highest BCUT2D eigenvalue weighted by atomic mass is 19.1. The summed E-state index contributed by atoms with van der Waals surface area (Å²) < 4.78 is 18.8. The number of urea groups is 1. The maximum atomic E-state index is 13.5. The second kappa shape index (κ2) is 9.48. The van der Waals surface area contributed by atoms with Crippen molar-refractivity contribution in [1.29, 1.82) is 0 Å². The smallest absolute Gasteiger partial charge is 0.319 e. The van der Waals surface area contributed by atoms with E-state index in [9.17, 15) is 9.18 Å². The summed E-state index contributed by atoms with van der Waals surface area (Å²) in [6.45, 7) is 3.37. The number of hydrogen-bond donors (Lipinski definition) is 2. The van der Waals surface area contributed by atoms with Gasteiger partial charge in [-0.05, 0) is 43.9 Å². The number of nitrogens with one attached hydrogen (secondary N) is 2. The number of pyridine rings is 1. The minimum Gasteiger partial charge on any atom is -0.378 e. The van der Waals surface area contributed by atoms with E-state index in [4.69, 9.17) is 4.74 Å². The van der Waals surface area contributed by atoms with Crippen molar-refractivity contribution in [3.05, 3.63) is 54.0 Å². The first-order valence-electron chi connectivity index (χ1n) is 9.28. The predicted octanol–water partition coefficient (Wildman–Crippen LogP) is 2.48. The third kappa shape index (κ3) is 5.40. The lowest BCUT2D eigenvalue weighted by atomic mass is 10.1. The van der Waals surface area contributed by atoms with Crippen molar-refractivity contribution < 1.29 is 13.9 Å². The van der Waals surface area contributed by atoms with Crippen LogP contribution in [0.5, 0.6) is 0 Å². The maximum absolute atomic E-state index is 13.5. The van der Waals surface area contributed by atoms with Crippen molar-refractivity contribution in [2.24, 2.45) is 0 Å². The fraction of sp³-hybridized carbons (Fsp3) is 0.400. The number of benzene rings is 1. The number of rotatable bonds is 6. The standard InChI is InChI=1S/C20H26FN5O2/c1-25(2)18(15-4-3-5-16(21)12-15)14-23-20(27)24-17-6-7-19(22-13-17)26-8-10-28-11-9-26/h3-7,12-13,18H,8-11,14H2,1-2H3,(H2,23,24,27). The van der Waals surface area contributed by atoms with Gasteiger partial charge >= 0.3 is 6.03 Å². The van der Waals surface area contributed by atoms with E-state index in [0.29, 0.717) is 25.4 Å². The number of halogens is 1. The molecule has 1 aromatic heterocycles. The van der Waals surface area contributed by atoms with Crippen LogP contribution in [0.15, 0.2) is 42.6 Å². The summed E-state index contributed by atoms with van der Waals surface area (Å²) in [6, 6.07) is 9.66. The van der Waals surface area contributed by atoms with Gasteiger partial charge in [0.25, 0.3) is 0 Å². The summed E-state index contributed by atoms with van der Waals surface area (Å²) in [7, 11) is 3.78. The molecule has 2 amide bonds. The molecule has 28 heavy (non-hydrogen) atoms. The highest BCUT2D eigenvalue weighted by Crippen LogP contribution is 2.19. The molecule has 2 heterocycles. The molecular formula is C20H26FN5O2. The normalized spacial score (nSPS) is 15.4. The van der Waals surface area contributed by atoms with Gasteiger partial charge in [0.1, 0.15) is 11.6 Å². The summed E-state index contributed by atoms with van der Waals surface area (Å²) in [4.78, 5) is 20.8. The van der Waals surface area contributed by atoms with Gasteiger partial charge in [-0.1, -0.05) is 12.1 Å². The minimum atomic E-state index is -0.329. The number of anilines is 2. The number of hydrogen-bond acceptors (Lipinski definition) is 5. The van der Waals surface area contributed by atoms with Crippen LogP contribution in [0.2, 0.25) is 0 Å². The molecule has 1 atom stereocenters. The number of likely N-dealkylation sites (N-methyl/N-ethyl adjacent to an activating group) is 1. The zero-order chi connectivity index (χ0) is 19.9. The van der Waals surface area contributed by atoms with E-state index in [2.05, 4.69) is 20.5 Å². The third-order valence-electron chi connectivity index (χ3n) is 4.65. The molecule has 1 fully saturated rings. The van der Waals surface area contributed by atoms with Gasteiger partial charge in [-0.3, -0.25) is 0 Å². The van der Waals surface area contributed by atoms with Crippen molar-refractivity contribution in [2.75, 3.05) is 57.2 Å². The molecule has 3 rings (SSSR count). The van der Waals surface area contributed by atoms with E-state index in [1.165, 1.54) is 12.1 Å². The van der Waals surface area contributed by atoms with Gasteiger partial charge in [0, 0.05) is 19.6 Å². The first-order chi connectivity index (χ1) is 13.5. The molecule has 0 spiro atoms. The van der Waals surface area contributed by atoms with E-state index >= 15 is 0 Å². The number of aromatic nitrogens is 1. The van der Waals surface area contributed by atoms with Crippen LogP contribution in [0.25, 0.3) is 0 Å². The van der Waals surface area contributed by atoms with Gasteiger partial charge in [0.15, 0.2) is 0 Å². The van der Waals surface area contributed by atoms with Gasteiger partial charge in [0.05, 0.1) is 31.1 Å². The van der Waals surface area contributed by atoms with Gasteiger partial charge in [0.2, 0.25) is 0 Å². The van der Waals surface area contributed by atoms with E-state index in [1.54, 1.807) is 12.3 Å². The quantitative estimate of drug-likeness (QED) is 0.797. The molecule has 0 aliphatic carbocycles. The number of morpholine rings is 1. The summed E-state index contributed by atoms with van der Waals surface area (Å²) in [5.41, 5.74) is 1.42. The van der Waals surface area contributed by atoms with E-state index in [1.807, 2.05) is 37.2 Å². The van der Waals surface area contributed by atoms with Crippen molar-refractivity contribution in [2.45, 2.75) is 6.04 Å². The fourth-order valence-corrected chi connectivity index (χ4v) is 3.12. The Labute approximate surface area is 164 Å². The van der Waals surface area contributed by atoms with E-state index < -0.39 is 0 Å². The summed E-state index contributed by atoms with van der Waals surface area (Å²) in [5, 5.41) is 5.62. The Balaban J connectivity index is 1.54. The number of amides is 2. The molecule has 2 aromatic rings. The second-order valence-corrected chi connectivity index (χ2v) is 6.87. The summed E-state index contributed by atoms with van der Waals surface area (Å²) in [6.07, 6.45) is 1.64. The van der Waals surface area contributed by atoms with Gasteiger partial charge in [-0.15, -0.1) is 0 Å². The van der Waals surface area contributed by atoms with E-state index in [0.717, 1.165) is 24.5 Å². The van der Waals surface area contributed by atoms with Crippen molar-refractivity contribution in [1.82, 2.24) is 15.2 Å². The largest absolute Gasteiger partial charge is 0.378 e. The lowest BCUT2D eigenvalue weighted by Crippen LogP contribution is -2.37. The van der Waals surface area contributed by atoms with Crippen LogP contribution in [-0.2, 0) is 4.74 Å². The monoisotopic (exact) mass is 387 g/mol. The fourth-order valence-electron chi connectivity index (χ4n) is 3.12. The molecule has 7 nitrogen and oxygen atoms in total. The van der Waals surface area contributed by atoms with Gasteiger partial charge in [-0.2, -0.15) is 0 Å². The SMILES string of the molecule is CN(C)C(CNC(=O)Nc1ccc(N2CCOCC2)nc1)c1cccc(F)c1. The molecule has 0 bridgehead atoms. The lowest BCUT2D eigenvalue weighted by Gasteiger charge is -2.27. The Morgan fingerprint density at radius 3 is 2.71 bits per heavy atom. The van der Waals surface area contributed by atoms with Crippen LogP contribution in [0, 0.1) is 5.82 Å². The number of nitrogens with zero attached hydrogens (tertiary/aromatic N) is 3. The van der Waals surface area contributed by atoms with Crippen LogP contribution in [0.3, 0.4) is 0 Å². The van der Waals surface area contributed by atoms with Crippen LogP contribution < -0.4 is 15.5 Å². The molecule has 1 aliphatic rings. The number of carbonyl (C=O) groups is 1. The molecule has 150 valence electrons. The molecule has 1 saturated heterocycles. The van der Waals surface area contributed by atoms with Gasteiger partial charge in [-0.25, -0.2) is 14.2 Å². The summed E-state index contributed by atoms with van der Waals surface area (Å²) in [5.74, 6) is 0.577. The Morgan fingerprint density at radius 2 is 2.07 bits per heavy atom. The molecule has 0 radical (unpaired) electrons. The molecular weight excluding hydrogens is 361 g/mol. The maximum Gasteiger partial charge on any atom is 0.319 e. The van der Waals surface area contributed by atoms with Crippen LogP contribution in [0.4, 0.5) is 20.7 Å². The highest BCUT2D eigenvalue weighted by Gasteiger charge is 2.16. The zero-order valence-electron chi connectivity index (χ0n) is 16.2. The molecule has 8 heteroatoms. The number of ether oxygens (including phenoxy) is 1. The summed E-state index contributed by atoms with van der Waals surface area (Å²) >= 11 is 0. The molecule has 1 unspecified atom stereocenters. The topological polar surface area (TPSA) is 69.7 Å². The predicted molar refractivity (Wildman–Crippen MR) is 107 cm³/mol. The first kappa shape index (κ1) is 20.0. The van der Waals surface area contributed by atoms with Crippen molar-refractivity contribution >= 4 is 17.5 Å². The van der Waals surface area contributed by atoms with E-state index in [-0.39, 0.29) is 17.9 Å². The van der Waals surface area contributed by atoms with Crippen molar-refractivity contribution in [3.63, 3.8) is 0 Å². The van der Waals surface area contributed by atoms with Crippen molar-refractivity contribution in [3.8, 4) is 0 Å². The molecule has 1 aromatic carbocycles. The Kier molecular flexibility index (Phi) is 6.78. The minimum absolute atomic E-state index is 0.136. The zero-order valence-corrected chi connectivity index (χ0v) is 16.2. The molecule has 1 aliphatic heterocycles. The van der Waals surface area contributed by atoms with Crippen LogP contribution in [-0.4, -0.2) is 62.9 Å². The third-order valence-corrected chi connectivity index (χ3v) is 4.65. The van der Waals surface area contributed by atoms with Crippen LogP contribution in [0.1, 0.15) is 11.6 Å². The molecule has 2 N–H and O–H groups in total. The average molecular weight is 387 g/mol. The Hall–Kier alpha value is -2.71. The number of carbonyl (C=O) groups excluding carboxylic acids is 1. The van der Waals surface area contributed by atoms with Crippen LogP contribution >= 0.6 is 0 Å². The second-order valence-electron chi connectivity index (χ2n) is 6.87. The van der Waals surface area contributed by atoms with Gasteiger partial charge < -0.3 is 25.2 Å².